The summed E-state index contributed by atoms with van der Waals surface area (Å²) < 4.78 is 1.22. The Labute approximate surface area is 107 Å². The van der Waals surface area contributed by atoms with Gasteiger partial charge in [0.2, 0.25) is 0 Å². The molecule has 0 aliphatic heterocycles. The van der Waals surface area contributed by atoms with Gasteiger partial charge >= 0.3 is 0 Å². The second kappa shape index (κ2) is 5.08. The normalized spacial score (nSPS) is 13.5. The Bertz CT molecular complexity index is 448. The molecule has 17 heavy (non-hydrogen) atoms. The second-order valence-corrected chi connectivity index (χ2v) is 5.83. The maximum Gasteiger partial charge on any atom is 0.287 e. The lowest BCUT2D eigenvalue weighted by Crippen LogP contribution is -2.26. The molecule has 0 aliphatic carbocycles. The standard InChI is InChI=1S/C12H20ClN3O/c1-8(12(2,3)4)6-14-9-7-15-16(5)11(17)10(9)13/h7-8,14H,6H2,1-5H3. The van der Waals surface area contributed by atoms with Gasteiger partial charge in [-0.15, -0.1) is 0 Å². The summed E-state index contributed by atoms with van der Waals surface area (Å²) >= 11 is 5.96. The van der Waals surface area contributed by atoms with Gasteiger partial charge in [0.25, 0.3) is 5.56 Å². The monoisotopic (exact) mass is 257 g/mol. The number of hydrogen-bond acceptors (Lipinski definition) is 3. The highest BCUT2D eigenvalue weighted by atomic mass is 35.5. The predicted octanol–water partition coefficient (Wildman–Crippen LogP) is 2.53. The van der Waals surface area contributed by atoms with Crippen LogP contribution in [-0.4, -0.2) is 16.3 Å². The topological polar surface area (TPSA) is 46.9 Å². The first-order valence-corrected chi connectivity index (χ1v) is 6.07. The van der Waals surface area contributed by atoms with Gasteiger partial charge in [-0.1, -0.05) is 39.3 Å². The van der Waals surface area contributed by atoms with E-state index in [-0.39, 0.29) is 16.0 Å². The molecular formula is C12H20ClN3O. The van der Waals surface area contributed by atoms with E-state index in [1.54, 1.807) is 13.2 Å². The van der Waals surface area contributed by atoms with Crippen LogP contribution in [0.5, 0.6) is 0 Å². The molecule has 0 saturated carbocycles. The van der Waals surface area contributed by atoms with Crippen LogP contribution in [0.3, 0.4) is 0 Å². The van der Waals surface area contributed by atoms with Crippen LogP contribution in [0.2, 0.25) is 5.02 Å². The van der Waals surface area contributed by atoms with Crippen LogP contribution in [0, 0.1) is 11.3 Å². The molecule has 0 aromatic carbocycles. The molecule has 1 heterocycles. The predicted molar refractivity (Wildman–Crippen MR) is 71.6 cm³/mol. The molecule has 0 amide bonds. The van der Waals surface area contributed by atoms with Crippen molar-refractivity contribution in [2.75, 3.05) is 11.9 Å². The molecule has 0 radical (unpaired) electrons. The zero-order chi connectivity index (χ0) is 13.2. The van der Waals surface area contributed by atoms with Gasteiger partial charge in [0.05, 0.1) is 11.9 Å². The van der Waals surface area contributed by atoms with Crippen LogP contribution in [0.1, 0.15) is 27.7 Å². The van der Waals surface area contributed by atoms with Gasteiger partial charge < -0.3 is 5.32 Å². The van der Waals surface area contributed by atoms with E-state index in [1.807, 2.05) is 0 Å². The van der Waals surface area contributed by atoms with Gasteiger partial charge in [-0.3, -0.25) is 4.79 Å². The van der Waals surface area contributed by atoms with E-state index in [0.717, 1.165) is 6.54 Å². The zero-order valence-electron chi connectivity index (χ0n) is 11.0. The van der Waals surface area contributed by atoms with E-state index >= 15 is 0 Å². The molecule has 0 spiro atoms. The highest BCUT2D eigenvalue weighted by molar-refractivity contribution is 6.32. The number of nitrogens with one attached hydrogen (secondary N) is 1. The third kappa shape index (κ3) is 3.46. The molecule has 4 nitrogen and oxygen atoms in total. The summed E-state index contributed by atoms with van der Waals surface area (Å²) in [7, 11) is 1.58. The SMILES string of the molecule is CC(CNc1cnn(C)c(=O)c1Cl)C(C)(C)C. The van der Waals surface area contributed by atoms with Crippen LogP contribution < -0.4 is 10.9 Å². The van der Waals surface area contributed by atoms with Crippen molar-refractivity contribution in [1.82, 2.24) is 9.78 Å². The molecule has 0 fully saturated rings. The average molecular weight is 258 g/mol. The van der Waals surface area contributed by atoms with Gasteiger partial charge in [0, 0.05) is 13.6 Å². The van der Waals surface area contributed by atoms with Crippen molar-refractivity contribution in [3.63, 3.8) is 0 Å². The van der Waals surface area contributed by atoms with Crippen LogP contribution in [0.15, 0.2) is 11.0 Å². The van der Waals surface area contributed by atoms with Crippen molar-refractivity contribution >= 4 is 17.3 Å². The fraction of sp³-hybridized carbons (Fsp3) is 0.667. The van der Waals surface area contributed by atoms with Crippen molar-refractivity contribution in [2.45, 2.75) is 27.7 Å². The maximum atomic E-state index is 11.6. The zero-order valence-corrected chi connectivity index (χ0v) is 11.8. The van der Waals surface area contributed by atoms with E-state index in [0.29, 0.717) is 11.6 Å². The average Bonchev–Trinajstić information content (AvgIpc) is 2.23. The Morgan fingerprint density at radius 3 is 2.65 bits per heavy atom. The van der Waals surface area contributed by atoms with Crippen molar-refractivity contribution in [2.24, 2.45) is 18.4 Å². The Morgan fingerprint density at radius 1 is 1.53 bits per heavy atom. The molecule has 1 unspecified atom stereocenters. The van der Waals surface area contributed by atoms with Crippen molar-refractivity contribution in [3.8, 4) is 0 Å². The highest BCUT2D eigenvalue weighted by Gasteiger charge is 2.20. The minimum absolute atomic E-state index is 0.198. The number of nitrogens with zero attached hydrogens (tertiary/aromatic N) is 2. The minimum Gasteiger partial charge on any atom is -0.382 e. The summed E-state index contributed by atoms with van der Waals surface area (Å²) in [5.41, 5.74) is 0.540. The smallest absolute Gasteiger partial charge is 0.287 e. The summed E-state index contributed by atoms with van der Waals surface area (Å²) in [5, 5.41) is 7.31. The Hall–Kier alpha value is -1.03. The first-order chi connectivity index (χ1) is 7.73. The molecule has 5 heteroatoms. The molecule has 0 bridgehead atoms. The molecule has 1 N–H and O–H groups in total. The van der Waals surface area contributed by atoms with E-state index in [2.05, 4.69) is 38.1 Å². The first-order valence-electron chi connectivity index (χ1n) is 5.69. The van der Waals surface area contributed by atoms with Gasteiger partial charge in [0.1, 0.15) is 5.02 Å². The lowest BCUT2D eigenvalue weighted by atomic mass is 9.82. The Balaban J connectivity index is 2.78. The molecule has 96 valence electrons. The van der Waals surface area contributed by atoms with Crippen LogP contribution in [0.4, 0.5) is 5.69 Å². The fourth-order valence-electron chi connectivity index (χ4n) is 1.20. The lowest BCUT2D eigenvalue weighted by molar-refractivity contribution is 0.274. The van der Waals surface area contributed by atoms with Crippen molar-refractivity contribution in [1.29, 1.82) is 0 Å². The van der Waals surface area contributed by atoms with Gasteiger partial charge in [-0.05, 0) is 11.3 Å². The maximum absolute atomic E-state index is 11.6. The van der Waals surface area contributed by atoms with Crippen LogP contribution >= 0.6 is 11.6 Å². The molecule has 0 aliphatic rings. The fourth-order valence-corrected chi connectivity index (χ4v) is 1.44. The number of hydrogen-bond donors (Lipinski definition) is 1. The molecule has 1 aromatic heterocycles. The van der Waals surface area contributed by atoms with Gasteiger partial charge in [-0.2, -0.15) is 5.10 Å². The summed E-state index contributed by atoms with van der Waals surface area (Å²) in [5.74, 6) is 0.461. The molecule has 1 atom stereocenters. The van der Waals surface area contributed by atoms with Crippen LogP contribution in [-0.2, 0) is 7.05 Å². The van der Waals surface area contributed by atoms with Crippen molar-refractivity contribution in [3.05, 3.63) is 21.6 Å². The quantitative estimate of drug-likeness (QED) is 0.905. The third-order valence-electron chi connectivity index (χ3n) is 3.16. The summed E-state index contributed by atoms with van der Waals surface area (Å²) in [6.45, 7) is 9.48. The third-order valence-corrected chi connectivity index (χ3v) is 3.52. The number of aryl methyl sites for hydroxylation is 1. The van der Waals surface area contributed by atoms with Crippen molar-refractivity contribution < 1.29 is 0 Å². The highest BCUT2D eigenvalue weighted by Crippen LogP contribution is 2.26. The lowest BCUT2D eigenvalue weighted by Gasteiger charge is -2.27. The Morgan fingerprint density at radius 2 is 2.12 bits per heavy atom. The summed E-state index contributed by atoms with van der Waals surface area (Å²) in [6, 6.07) is 0. The second-order valence-electron chi connectivity index (χ2n) is 5.45. The van der Waals surface area contributed by atoms with Gasteiger partial charge in [-0.25, -0.2) is 4.68 Å². The molecule has 0 saturated heterocycles. The number of rotatable bonds is 3. The largest absolute Gasteiger partial charge is 0.382 e. The molecule has 1 aromatic rings. The van der Waals surface area contributed by atoms with E-state index < -0.39 is 0 Å². The Kier molecular flexibility index (Phi) is 4.20. The first kappa shape index (κ1) is 14.0. The van der Waals surface area contributed by atoms with E-state index in [9.17, 15) is 4.79 Å². The number of anilines is 1. The molecular weight excluding hydrogens is 238 g/mol. The van der Waals surface area contributed by atoms with Gasteiger partial charge in [0.15, 0.2) is 0 Å². The minimum atomic E-state index is -0.278. The van der Waals surface area contributed by atoms with Crippen LogP contribution in [0.25, 0.3) is 0 Å². The van der Waals surface area contributed by atoms with E-state index in [4.69, 9.17) is 11.6 Å². The number of halogens is 1. The number of aromatic nitrogens is 2. The molecule has 1 rings (SSSR count). The van der Waals surface area contributed by atoms with E-state index in [1.165, 1.54) is 4.68 Å². The summed E-state index contributed by atoms with van der Waals surface area (Å²) in [4.78, 5) is 11.6. The summed E-state index contributed by atoms with van der Waals surface area (Å²) in [6.07, 6.45) is 1.58.